The molecule has 2 saturated carbocycles. The number of hydrogen-bond acceptors (Lipinski definition) is 3. The van der Waals surface area contributed by atoms with Gasteiger partial charge in [-0.05, 0) is 43.2 Å². The molecule has 2 fully saturated rings. The van der Waals surface area contributed by atoms with Gasteiger partial charge in [-0.3, -0.25) is 9.59 Å². The summed E-state index contributed by atoms with van der Waals surface area (Å²) in [5.74, 6) is 1.58. The number of likely N-dealkylation sites (N-methyl/N-ethyl adjacent to an activating group) is 1. The zero-order valence-electron chi connectivity index (χ0n) is 13.8. The largest absolute Gasteiger partial charge is 0.459 e. The number of furan rings is 1. The van der Waals surface area contributed by atoms with Gasteiger partial charge in [0.15, 0.2) is 5.76 Å². The lowest BCUT2D eigenvalue weighted by Gasteiger charge is -2.39. The van der Waals surface area contributed by atoms with Crippen LogP contribution in [0.15, 0.2) is 22.8 Å². The summed E-state index contributed by atoms with van der Waals surface area (Å²) in [5, 5.41) is 3.12. The molecule has 0 saturated heterocycles. The van der Waals surface area contributed by atoms with E-state index in [2.05, 4.69) is 5.32 Å². The Labute approximate surface area is 137 Å². The monoisotopic (exact) mass is 318 g/mol. The Kier molecular flexibility index (Phi) is 5.03. The Morgan fingerprint density at radius 2 is 2.00 bits per heavy atom. The second kappa shape index (κ2) is 7.20. The van der Waals surface area contributed by atoms with E-state index in [9.17, 15) is 9.59 Å². The Morgan fingerprint density at radius 1 is 1.22 bits per heavy atom. The Balaban J connectivity index is 1.46. The first-order chi connectivity index (χ1) is 11.1. The van der Waals surface area contributed by atoms with Crippen molar-refractivity contribution in [2.24, 2.45) is 11.8 Å². The van der Waals surface area contributed by atoms with Crippen molar-refractivity contribution in [3.8, 4) is 0 Å². The number of nitrogens with one attached hydrogen (secondary N) is 1. The maximum absolute atomic E-state index is 12.2. The third-order valence-electron chi connectivity index (χ3n) is 5.36. The van der Waals surface area contributed by atoms with E-state index in [0.717, 1.165) is 24.7 Å². The summed E-state index contributed by atoms with van der Waals surface area (Å²) in [6, 6.07) is 3.55. The minimum atomic E-state index is -0.263. The number of amides is 2. The number of nitrogens with zero attached hydrogens (tertiary/aromatic N) is 1. The van der Waals surface area contributed by atoms with Crippen LogP contribution >= 0.6 is 0 Å². The first kappa shape index (κ1) is 16.1. The van der Waals surface area contributed by atoms with E-state index in [1.165, 1.54) is 43.3 Å². The van der Waals surface area contributed by atoms with Gasteiger partial charge in [-0.1, -0.05) is 25.7 Å². The van der Waals surface area contributed by atoms with E-state index >= 15 is 0 Å². The first-order valence-corrected chi connectivity index (χ1v) is 8.72. The van der Waals surface area contributed by atoms with Crippen molar-refractivity contribution in [3.63, 3.8) is 0 Å². The zero-order chi connectivity index (χ0) is 16.2. The van der Waals surface area contributed by atoms with Gasteiger partial charge in [0.2, 0.25) is 5.91 Å². The van der Waals surface area contributed by atoms with Crippen molar-refractivity contribution in [1.29, 1.82) is 0 Å². The van der Waals surface area contributed by atoms with Crippen molar-refractivity contribution in [3.05, 3.63) is 24.2 Å². The fourth-order valence-electron chi connectivity index (χ4n) is 4.15. The van der Waals surface area contributed by atoms with Crippen molar-refractivity contribution < 1.29 is 14.0 Å². The lowest BCUT2D eigenvalue weighted by atomic mass is 9.69. The molecule has 0 aromatic carbocycles. The van der Waals surface area contributed by atoms with Crippen LogP contribution in [0.3, 0.4) is 0 Å². The van der Waals surface area contributed by atoms with Gasteiger partial charge in [0.05, 0.1) is 12.8 Å². The molecule has 3 rings (SSSR count). The second-order valence-electron chi connectivity index (χ2n) is 7.02. The molecule has 1 aromatic heterocycles. The Morgan fingerprint density at radius 3 is 2.74 bits per heavy atom. The quantitative estimate of drug-likeness (QED) is 0.928. The summed E-state index contributed by atoms with van der Waals surface area (Å²) in [4.78, 5) is 25.7. The summed E-state index contributed by atoms with van der Waals surface area (Å²) in [5.41, 5.74) is 0. The molecule has 2 aliphatic carbocycles. The molecule has 0 aliphatic heterocycles. The maximum Gasteiger partial charge on any atom is 0.289 e. The van der Waals surface area contributed by atoms with Crippen molar-refractivity contribution in [2.45, 2.75) is 51.0 Å². The minimum absolute atomic E-state index is 0.0735. The number of hydrogen-bond donors (Lipinski definition) is 1. The number of carbonyl (C=O) groups is 2. The van der Waals surface area contributed by atoms with Crippen LogP contribution in [0.2, 0.25) is 0 Å². The summed E-state index contributed by atoms with van der Waals surface area (Å²) in [6.07, 6.45) is 10.3. The van der Waals surface area contributed by atoms with E-state index in [-0.39, 0.29) is 30.2 Å². The molecule has 5 heteroatoms. The number of carbonyl (C=O) groups excluding carboxylic acids is 2. The van der Waals surface area contributed by atoms with Crippen molar-refractivity contribution in [2.75, 3.05) is 13.6 Å². The smallest absolute Gasteiger partial charge is 0.289 e. The van der Waals surface area contributed by atoms with Crippen LogP contribution in [0, 0.1) is 11.8 Å². The molecule has 5 nitrogen and oxygen atoms in total. The standard InChI is InChI=1S/C18H26N2O3/c1-20(18(22)16-7-4-10-23-16)12-17(21)19-15-9-8-13-5-2-3-6-14(13)11-15/h4,7,10,13-15H,2-3,5-6,8-9,11-12H2,1H3,(H,19,21)/t13-,14-,15-/m1/s1. The normalized spacial score (nSPS) is 27.1. The Hall–Kier alpha value is -1.78. The predicted octanol–water partition coefficient (Wildman–Crippen LogP) is 2.83. The van der Waals surface area contributed by atoms with E-state index in [4.69, 9.17) is 4.42 Å². The SMILES string of the molecule is CN(CC(=O)N[C@@H]1CC[C@H]2CCCC[C@@H]2C1)C(=O)c1ccco1. The number of fused-ring (bicyclic) bond motifs is 1. The van der Waals surface area contributed by atoms with E-state index < -0.39 is 0 Å². The first-order valence-electron chi connectivity index (χ1n) is 8.72. The van der Waals surface area contributed by atoms with Crippen molar-refractivity contribution in [1.82, 2.24) is 10.2 Å². The van der Waals surface area contributed by atoms with E-state index in [1.807, 2.05) is 0 Å². The molecule has 3 atom stereocenters. The summed E-state index contributed by atoms with van der Waals surface area (Å²) in [7, 11) is 1.63. The van der Waals surface area contributed by atoms with Gasteiger partial charge in [0.1, 0.15) is 0 Å². The summed E-state index contributed by atoms with van der Waals surface area (Å²) < 4.78 is 5.08. The van der Waals surface area contributed by atoms with Crippen LogP contribution in [-0.2, 0) is 4.79 Å². The molecule has 1 heterocycles. The van der Waals surface area contributed by atoms with Crippen LogP contribution in [0.1, 0.15) is 55.5 Å². The molecular weight excluding hydrogens is 292 g/mol. The molecule has 0 unspecified atom stereocenters. The molecule has 2 amide bonds. The molecule has 0 bridgehead atoms. The van der Waals surface area contributed by atoms with Gasteiger partial charge < -0.3 is 14.6 Å². The van der Waals surface area contributed by atoms with Gasteiger partial charge in [-0.2, -0.15) is 0 Å². The minimum Gasteiger partial charge on any atom is -0.459 e. The number of rotatable bonds is 4. The van der Waals surface area contributed by atoms with Gasteiger partial charge in [-0.25, -0.2) is 0 Å². The van der Waals surface area contributed by atoms with Crippen molar-refractivity contribution >= 4 is 11.8 Å². The van der Waals surface area contributed by atoms with Crippen LogP contribution in [-0.4, -0.2) is 36.3 Å². The summed E-state index contributed by atoms with van der Waals surface area (Å²) >= 11 is 0. The highest BCUT2D eigenvalue weighted by atomic mass is 16.3. The summed E-state index contributed by atoms with van der Waals surface area (Å²) in [6.45, 7) is 0.0735. The van der Waals surface area contributed by atoms with Gasteiger partial charge >= 0.3 is 0 Å². The Bertz CT molecular complexity index is 540. The highest BCUT2D eigenvalue weighted by Crippen LogP contribution is 2.40. The maximum atomic E-state index is 12.2. The topological polar surface area (TPSA) is 62.6 Å². The van der Waals surface area contributed by atoms with Crippen LogP contribution in [0.25, 0.3) is 0 Å². The van der Waals surface area contributed by atoms with E-state index in [1.54, 1.807) is 19.2 Å². The molecule has 23 heavy (non-hydrogen) atoms. The van der Waals surface area contributed by atoms with Gasteiger partial charge in [-0.15, -0.1) is 0 Å². The molecule has 2 aliphatic rings. The van der Waals surface area contributed by atoms with Crippen LogP contribution in [0.4, 0.5) is 0 Å². The second-order valence-corrected chi connectivity index (χ2v) is 7.02. The molecular formula is C18H26N2O3. The highest BCUT2D eigenvalue weighted by Gasteiger charge is 2.32. The van der Waals surface area contributed by atoms with Gasteiger partial charge in [0.25, 0.3) is 5.91 Å². The fourth-order valence-corrected chi connectivity index (χ4v) is 4.15. The lowest BCUT2D eigenvalue weighted by molar-refractivity contribution is -0.122. The molecule has 1 aromatic rings. The lowest BCUT2D eigenvalue weighted by Crippen LogP contribution is -2.45. The fraction of sp³-hybridized carbons (Fsp3) is 0.667. The highest BCUT2D eigenvalue weighted by molar-refractivity contribution is 5.94. The van der Waals surface area contributed by atoms with Crippen LogP contribution < -0.4 is 5.32 Å². The average Bonchev–Trinajstić information content (AvgIpc) is 3.08. The average molecular weight is 318 g/mol. The van der Waals surface area contributed by atoms with Crippen LogP contribution in [0.5, 0.6) is 0 Å². The van der Waals surface area contributed by atoms with E-state index in [0.29, 0.717) is 0 Å². The zero-order valence-corrected chi connectivity index (χ0v) is 13.8. The molecule has 1 N–H and O–H groups in total. The third-order valence-corrected chi connectivity index (χ3v) is 5.36. The molecule has 0 spiro atoms. The molecule has 126 valence electrons. The predicted molar refractivity (Wildman–Crippen MR) is 86.9 cm³/mol. The molecule has 0 radical (unpaired) electrons. The third kappa shape index (κ3) is 3.95. The van der Waals surface area contributed by atoms with Gasteiger partial charge in [0, 0.05) is 13.1 Å².